The molecular formula is C25H30O2. The van der Waals surface area contributed by atoms with Gasteiger partial charge in [-0.2, -0.15) is 0 Å². The Morgan fingerprint density at radius 2 is 1.93 bits per heavy atom. The molecule has 0 aromatic rings. The Hall–Kier alpha value is -1.41. The van der Waals surface area contributed by atoms with Crippen LogP contribution >= 0.6 is 0 Å². The maximum absolute atomic E-state index is 12.4. The minimum Gasteiger partial charge on any atom is -0.393 e. The summed E-state index contributed by atoms with van der Waals surface area (Å²) in [6.07, 6.45) is 19.5. The van der Waals surface area contributed by atoms with Gasteiger partial charge in [0, 0.05) is 16.2 Å². The van der Waals surface area contributed by atoms with Crippen LogP contribution in [-0.4, -0.2) is 17.0 Å². The van der Waals surface area contributed by atoms with E-state index in [-0.39, 0.29) is 39.0 Å². The number of hydrogen-bond donors (Lipinski definition) is 1. The third kappa shape index (κ3) is 1.53. The van der Waals surface area contributed by atoms with Gasteiger partial charge in [0.05, 0.1) is 6.10 Å². The minimum atomic E-state index is -0.187. The van der Waals surface area contributed by atoms with Crippen LogP contribution < -0.4 is 0 Å². The summed E-state index contributed by atoms with van der Waals surface area (Å²) >= 11 is 0. The summed E-state index contributed by atoms with van der Waals surface area (Å²) in [4.78, 5) is 12.4. The van der Waals surface area contributed by atoms with Crippen LogP contribution in [0.15, 0.2) is 48.6 Å². The molecule has 0 saturated heterocycles. The van der Waals surface area contributed by atoms with Crippen molar-refractivity contribution in [3.8, 4) is 0 Å². The van der Waals surface area contributed by atoms with E-state index in [1.807, 2.05) is 12.2 Å². The van der Waals surface area contributed by atoms with Gasteiger partial charge in [0.2, 0.25) is 0 Å². The van der Waals surface area contributed by atoms with Crippen molar-refractivity contribution in [2.45, 2.75) is 58.5 Å². The molecule has 6 rings (SSSR count). The van der Waals surface area contributed by atoms with E-state index in [2.05, 4.69) is 44.7 Å². The van der Waals surface area contributed by atoms with Crippen molar-refractivity contribution in [2.24, 2.45) is 38.9 Å². The van der Waals surface area contributed by atoms with Crippen LogP contribution in [0.4, 0.5) is 0 Å². The fraction of sp³-hybridized carbons (Fsp3) is 0.640. The van der Waals surface area contributed by atoms with E-state index in [0.29, 0.717) is 11.8 Å². The topological polar surface area (TPSA) is 37.3 Å². The summed E-state index contributed by atoms with van der Waals surface area (Å²) in [5.41, 5.74) is 1.67. The lowest BCUT2D eigenvalue weighted by atomic mass is 9.45. The fourth-order valence-electron chi connectivity index (χ4n) is 8.84. The van der Waals surface area contributed by atoms with Gasteiger partial charge in [-0.1, -0.05) is 38.2 Å². The molecule has 0 spiro atoms. The largest absolute Gasteiger partial charge is 0.393 e. The van der Waals surface area contributed by atoms with Gasteiger partial charge in [-0.15, -0.1) is 6.58 Å². The molecule has 2 nitrogen and oxygen atoms in total. The van der Waals surface area contributed by atoms with Crippen LogP contribution in [0.2, 0.25) is 0 Å². The van der Waals surface area contributed by atoms with Crippen LogP contribution in [-0.2, 0) is 4.79 Å². The van der Waals surface area contributed by atoms with Crippen LogP contribution in [0.3, 0.4) is 0 Å². The minimum absolute atomic E-state index is 0.00508. The number of aliphatic hydroxyl groups excluding tert-OH is 1. The Kier molecular flexibility index (Phi) is 2.71. The smallest absolute Gasteiger partial charge is 0.178 e. The van der Waals surface area contributed by atoms with E-state index in [1.165, 1.54) is 5.57 Å². The molecule has 0 aromatic heterocycles. The Balaban J connectivity index is 1.60. The summed E-state index contributed by atoms with van der Waals surface area (Å²) in [6, 6.07) is 0. The second-order valence-electron chi connectivity index (χ2n) is 11.0. The molecule has 0 bridgehead atoms. The van der Waals surface area contributed by atoms with Crippen molar-refractivity contribution >= 4 is 5.78 Å². The van der Waals surface area contributed by atoms with Crippen molar-refractivity contribution in [1.82, 2.24) is 0 Å². The first-order valence-electron chi connectivity index (χ1n) is 10.7. The number of aliphatic hydroxyl groups is 1. The van der Waals surface area contributed by atoms with Crippen molar-refractivity contribution < 1.29 is 9.90 Å². The van der Waals surface area contributed by atoms with E-state index in [9.17, 15) is 9.90 Å². The predicted molar refractivity (Wildman–Crippen MR) is 106 cm³/mol. The van der Waals surface area contributed by atoms with E-state index in [1.54, 1.807) is 0 Å². The molecule has 0 heterocycles. The summed E-state index contributed by atoms with van der Waals surface area (Å²) in [7, 11) is 0. The molecule has 2 heteroatoms. The van der Waals surface area contributed by atoms with Gasteiger partial charge < -0.3 is 5.11 Å². The number of carbonyl (C=O) groups excluding carboxylic acids is 1. The first kappa shape index (κ1) is 16.5. The number of allylic oxidation sites excluding steroid dienone is 7. The maximum atomic E-state index is 12.4. The molecule has 0 radical (unpaired) electrons. The zero-order valence-electron chi connectivity index (χ0n) is 16.5. The van der Waals surface area contributed by atoms with Gasteiger partial charge in [-0.3, -0.25) is 4.79 Å². The zero-order chi connectivity index (χ0) is 18.9. The highest BCUT2D eigenvalue weighted by atomic mass is 16.3. The van der Waals surface area contributed by atoms with Crippen molar-refractivity contribution in [1.29, 1.82) is 0 Å². The number of fused-ring (bicyclic) bond motifs is 5. The number of hydrogen-bond acceptors (Lipinski definition) is 2. The molecule has 6 unspecified atom stereocenters. The monoisotopic (exact) mass is 362 g/mol. The molecule has 8 atom stereocenters. The first-order chi connectivity index (χ1) is 12.8. The average molecular weight is 363 g/mol. The predicted octanol–water partition coefficient (Wildman–Crippen LogP) is 4.77. The standard InChI is InChI=1S/C25H30O2/c1-4-24-14-23-11-12-25(23,15-23)19-13-16(26)7-9-21(19,2)18(24)8-10-22(3)17(24)5-6-20(22)27/h4,7,9,11-13,17-18,20,27H,1,5-6,8,10,14-15H2,2-3H3/t17?,18?,20?,21-,22+,23?,24?,25?/m1/s1. The quantitative estimate of drug-likeness (QED) is 0.682. The van der Waals surface area contributed by atoms with Crippen molar-refractivity contribution in [3.63, 3.8) is 0 Å². The molecule has 1 N–H and O–H groups in total. The molecule has 0 aromatic carbocycles. The molecule has 6 aliphatic rings. The lowest BCUT2D eigenvalue weighted by Crippen LogP contribution is -2.54. The van der Waals surface area contributed by atoms with Crippen LogP contribution in [0, 0.1) is 38.9 Å². The second-order valence-corrected chi connectivity index (χ2v) is 11.0. The fourth-order valence-corrected chi connectivity index (χ4v) is 8.84. The molecule has 0 amide bonds. The van der Waals surface area contributed by atoms with Gasteiger partial charge in [0.1, 0.15) is 0 Å². The van der Waals surface area contributed by atoms with E-state index in [4.69, 9.17) is 0 Å². The van der Waals surface area contributed by atoms with E-state index >= 15 is 0 Å². The third-order valence-corrected chi connectivity index (χ3v) is 10.3. The average Bonchev–Trinajstić information content (AvgIpc) is 2.92. The van der Waals surface area contributed by atoms with Gasteiger partial charge >= 0.3 is 0 Å². The highest BCUT2D eigenvalue weighted by Crippen LogP contribution is 2.86. The van der Waals surface area contributed by atoms with Crippen LogP contribution in [0.25, 0.3) is 0 Å². The van der Waals surface area contributed by atoms with Crippen LogP contribution in [0.5, 0.6) is 0 Å². The van der Waals surface area contributed by atoms with Gasteiger partial charge in [0.25, 0.3) is 0 Å². The lowest BCUT2D eigenvalue weighted by molar-refractivity contribution is -0.111. The molecule has 6 aliphatic carbocycles. The summed E-state index contributed by atoms with van der Waals surface area (Å²) in [6.45, 7) is 9.13. The number of carbonyl (C=O) groups is 1. The summed E-state index contributed by atoms with van der Waals surface area (Å²) in [5, 5.41) is 10.9. The van der Waals surface area contributed by atoms with Gasteiger partial charge in [-0.05, 0) is 78.9 Å². The SMILES string of the molecule is C=CC12CC34C=CC3(C4)C3=CC(=O)C=C[C@]3(C)C1CC[C@]1(C)C(O)CCC21. The molecule has 0 aliphatic heterocycles. The molecular weight excluding hydrogens is 332 g/mol. The number of ketones is 1. The lowest BCUT2D eigenvalue weighted by Gasteiger charge is -2.59. The van der Waals surface area contributed by atoms with Crippen molar-refractivity contribution in [2.75, 3.05) is 0 Å². The molecule has 27 heavy (non-hydrogen) atoms. The van der Waals surface area contributed by atoms with E-state index in [0.717, 1.165) is 38.5 Å². The highest BCUT2D eigenvalue weighted by Gasteiger charge is 2.79. The Morgan fingerprint density at radius 3 is 2.63 bits per heavy atom. The zero-order valence-corrected chi connectivity index (χ0v) is 16.5. The highest BCUT2D eigenvalue weighted by molar-refractivity contribution is 6.01. The maximum Gasteiger partial charge on any atom is 0.178 e. The van der Waals surface area contributed by atoms with E-state index < -0.39 is 0 Å². The van der Waals surface area contributed by atoms with Gasteiger partial charge in [0.15, 0.2) is 5.78 Å². The van der Waals surface area contributed by atoms with Crippen LogP contribution in [0.1, 0.15) is 52.4 Å². The summed E-state index contributed by atoms with van der Waals surface area (Å²) in [5.74, 6) is 1.10. The normalized spacial score (nSPS) is 59.3. The van der Waals surface area contributed by atoms with Gasteiger partial charge in [-0.25, -0.2) is 0 Å². The third-order valence-electron chi connectivity index (χ3n) is 10.3. The Bertz CT molecular complexity index is 879. The molecule has 4 fully saturated rings. The number of rotatable bonds is 1. The first-order valence-corrected chi connectivity index (χ1v) is 10.7. The summed E-state index contributed by atoms with van der Waals surface area (Å²) < 4.78 is 0. The second kappa shape index (κ2) is 4.43. The Labute approximate surface area is 162 Å². The van der Waals surface area contributed by atoms with Crippen molar-refractivity contribution in [3.05, 3.63) is 48.6 Å². The molecule has 4 saturated carbocycles. The molecule has 142 valence electrons. The Morgan fingerprint density at radius 1 is 1.11 bits per heavy atom.